The minimum absolute atomic E-state index is 0.101. The molecule has 0 bridgehead atoms. The summed E-state index contributed by atoms with van der Waals surface area (Å²) in [4.78, 5) is 17.1. The van der Waals surface area contributed by atoms with Crippen molar-refractivity contribution in [1.82, 2.24) is 15.1 Å². The van der Waals surface area contributed by atoms with Crippen molar-refractivity contribution in [2.75, 3.05) is 41.3 Å². The molecule has 3 unspecified atom stereocenters. The van der Waals surface area contributed by atoms with Crippen LogP contribution in [0.4, 0.5) is 0 Å². The Bertz CT molecular complexity index is 361. The molecule has 2 rings (SSSR count). The fourth-order valence-electron chi connectivity index (χ4n) is 4.00. The number of hydrogen-bond acceptors (Lipinski definition) is 5. The molecule has 3 atom stereocenters. The van der Waals surface area contributed by atoms with Gasteiger partial charge in [0.1, 0.15) is 5.54 Å². The van der Waals surface area contributed by atoms with Gasteiger partial charge in [-0.3, -0.25) is 9.69 Å². The van der Waals surface area contributed by atoms with Crippen molar-refractivity contribution in [1.29, 1.82) is 0 Å². The van der Waals surface area contributed by atoms with E-state index in [4.69, 9.17) is 4.74 Å². The molecule has 5 nitrogen and oxygen atoms in total. The lowest BCUT2D eigenvalue weighted by Gasteiger charge is -2.46. The lowest BCUT2D eigenvalue weighted by molar-refractivity contribution is -0.151. The molecule has 1 heterocycles. The van der Waals surface area contributed by atoms with Crippen LogP contribution < -0.4 is 5.32 Å². The van der Waals surface area contributed by atoms with Gasteiger partial charge in [0, 0.05) is 18.6 Å². The predicted octanol–water partition coefficient (Wildman–Crippen LogP) is 1.09. The molecule has 1 saturated carbocycles. The van der Waals surface area contributed by atoms with Crippen LogP contribution in [0.1, 0.15) is 38.5 Å². The number of rotatable bonds is 4. The van der Waals surface area contributed by atoms with Crippen molar-refractivity contribution in [3.05, 3.63) is 0 Å². The number of carbonyl (C=O) groups excluding carboxylic acids is 1. The molecule has 0 spiro atoms. The molecule has 1 saturated heterocycles. The summed E-state index contributed by atoms with van der Waals surface area (Å²) >= 11 is 0. The number of methoxy groups -OCH3 is 1. The second-order valence-corrected chi connectivity index (χ2v) is 6.83. The Labute approximate surface area is 129 Å². The first-order valence-corrected chi connectivity index (χ1v) is 8.20. The zero-order chi connectivity index (χ0) is 15.5. The average Bonchev–Trinajstić information content (AvgIpc) is 2.54. The van der Waals surface area contributed by atoms with E-state index in [9.17, 15) is 4.79 Å². The zero-order valence-electron chi connectivity index (χ0n) is 14.0. The predicted molar refractivity (Wildman–Crippen MR) is 84.3 cm³/mol. The normalized spacial score (nSPS) is 34.9. The molecule has 0 amide bonds. The van der Waals surface area contributed by atoms with E-state index in [1.165, 1.54) is 26.4 Å². The van der Waals surface area contributed by atoms with Gasteiger partial charge in [-0.2, -0.15) is 0 Å². The number of ether oxygens (including phenoxy) is 1. The second kappa shape index (κ2) is 7.07. The quantitative estimate of drug-likeness (QED) is 0.787. The summed E-state index contributed by atoms with van der Waals surface area (Å²) in [5.74, 6) is -0.101. The van der Waals surface area contributed by atoms with Gasteiger partial charge in [0.15, 0.2) is 0 Å². The van der Waals surface area contributed by atoms with E-state index >= 15 is 0 Å². The van der Waals surface area contributed by atoms with E-state index in [1.807, 2.05) is 7.05 Å². The van der Waals surface area contributed by atoms with Gasteiger partial charge in [-0.05, 0) is 66.2 Å². The van der Waals surface area contributed by atoms with Crippen LogP contribution in [0.3, 0.4) is 0 Å². The zero-order valence-corrected chi connectivity index (χ0v) is 14.0. The average molecular weight is 297 g/mol. The van der Waals surface area contributed by atoms with Crippen LogP contribution in [0.25, 0.3) is 0 Å². The van der Waals surface area contributed by atoms with Crippen LogP contribution in [0.15, 0.2) is 0 Å². The number of nitrogens with one attached hydrogen (secondary N) is 1. The highest BCUT2D eigenvalue weighted by atomic mass is 16.5. The maximum atomic E-state index is 12.2. The molecule has 21 heavy (non-hydrogen) atoms. The summed E-state index contributed by atoms with van der Waals surface area (Å²) in [6.45, 7) is 2.29. The molecule has 0 radical (unpaired) electrons. The Kier molecular flexibility index (Phi) is 5.63. The van der Waals surface area contributed by atoms with Gasteiger partial charge in [0.05, 0.1) is 7.11 Å². The Balaban J connectivity index is 2.04. The van der Waals surface area contributed by atoms with Gasteiger partial charge < -0.3 is 15.0 Å². The van der Waals surface area contributed by atoms with E-state index in [0.717, 1.165) is 32.4 Å². The van der Waals surface area contributed by atoms with E-state index < -0.39 is 5.54 Å². The summed E-state index contributed by atoms with van der Waals surface area (Å²) in [6.07, 6.45) is 6.58. The molecule has 1 aliphatic heterocycles. The fourth-order valence-corrected chi connectivity index (χ4v) is 4.00. The lowest BCUT2D eigenvalue weighted by Crippen LogP contribution is -2.59. The number of carbonyl (C=O) groups is 1. The molecular weight excluding hydrogens is 266 g/mol. The molecule has 2 aliphatic rings. The van der Waals surface area contributed by atoms with Crippen LogP contribution in [0, 0.1) is 0 Å². The molecule has 2 fully saturated rings. The summed E-state index contributed by atoms with van der Waals surface area (Å²) in [6, 6.07) is 1.14. The molecule has 122 valence electrons. The van der Waals surface area contributed by atoms with E-state index in [-0.39, 0.29) is 5.97 Å². The van der Waals surface area contributed by atoms with Crippen LogP contribution in [-0.4, -0.2) is 74.7 Å². The highest BCUT2D eigenvalue weighted by Crippen LogP contribution is 2.33. The molecule has 1 aliphatic carbocycles. The smallest absolute Gasteiger partial charge is 0.326 e. The van der Waals surface area contributed by atoms with Gasteiger partial charge in [-0.1, -0.05) is 0 Å². The maximum absolute atomic E-state index is 12.2. The highest BCUT2D eigenvalue weighted by Gasteiger charge is 2.44. The minimum atomic E-state index is -0.483. The number of nitrogens with zero attached hydrogens (tertiary/aromatic N) is 2. The number of likely N-dealkylation sites (N-methyl/N-ethyl adjacent to an activating group) is 2. The number of esters is 1. The Hall–Kier alpha value is -0.650. The van der Waals surface area contributed by atoms with E-state index in [2.05, 4.69) is 29.2 Å². The van der Waals surface area contributed by atoms with E-state index in [0.29, 0.717) is 12.1 Å². The van der Waals surface area contributed by atoms with Crippen molar-refractivity contribution in [2.45, 2.75) is 56.1 Å². The standard InChI is InChI=1S/C16H31N3O2/c1-17-16(15(20)21-4)9-5-7-13(11-16)19-10-6-8-14(12-19)18(2)3/h13-14,17H,5-12H2,1-4H3. The van der Waals surface area contributed by atoms with Crippen LogP contribution >= 0.6 is 0 Å². The maximum Gasteiger partial charge on any atom is 0.326 e. The van der Waals surface area contributed by atoms with Gasteiger partial charge in [0.2, 0.25) is 0 Å². The topological polar surface area (TPSA) is 44.8 Å². The molecule has 0 aromatic rings. The van der Waals surface area contributed by atoms with Crippen LogP contribution in [0.5, 0.6) is 0 Å². The molecular formula is C16H31N3O2. The molecule has 5 heteroatoms. The van der Waals surface area contributed by atoms with Gasteiger partial charge in [-0.15, -0.1) is 0 Å². The summed E-state index contributed by atoms with van der Waals surface area (Å²) in [5.41, 5.74) is -0.483. The minimum Gasteiger partial charge on any atom is -0.468 e. The largest absolute Gasteiger partial charge is 0.468 e. The first kappa shape index (κ1) is 16.7. The number of piperidine rings is 1. The second-order valence-electron chi connectivity index (χ2n) is 6.83. The Morgan fingerprint density at radius 2 is 2.10 bits per heavy atom. The SMILES string of the molecule is CNC1(C(=O)OC)CCCC(N2CCCC(N(C)C)C2)C1. The molecule has 1 N–H and O–H groups in total. The number of likely N-dealkylation sites (tertiary alicyclic amines) is 1. The van der Waals surface area contributed by atoms with Crippen molar-refractivity contribution in [3.8, 4) is 0 Å². The van der Waals surface area contributed by atoms with Gasteiger partial charge in [0.25, 0.3) is 0 Å². The lowest BCUT2D eigenvalue weighted by atomic mass is 9.78. The highest BCUT2D eigenvalue weighted by molar-refractivity contribution is 5.81. The Morgan fingerprint density at radius 1 is 1.33 bits per heavy atom. The third-order valence-electron chi connectivity index (χ3n) is 5.45. The molecule has 0 aromatic heterocycles. The van der Waals surface area contributed by atoms with Gasteiger partial charge in [-0.25, -0.2) is 0 Å². The summed E-state index contributed by atoms with van der Waals surface area (Å²) in [5, 5.41) is 3.26. The van der Waals surface area contributed by atoms with Crippen LogP contribution in [-0.2, 0) is 9.53 Å². The van der Waals surface area contributed by atoms with Crippen molar-refractivity contribution < 1.29 is 9.53 Å². The van der Waals surface area contributed by atoms with Gasteiger partial charge >= 0.3 is 5.97 Å². The Morgan fingerprint density at radius 3 is 2.71 bits per heavy atom. The van der Waals surface area contributed by atoms with E-state index in [1.54, 1.807) is 0 Å². The van der Waals surface area contributed by atoms with Crippen molar-refractivity contribution in [3.63, 3.8) is 0 Å². The molecule has 0 aromatic carbocycles. The third kappa shape index (κ3) is 3.58. The van der Waals surface area contributed by atoms with Crippen molar-refractivity contribution >= 4 is 5.97 Å². The third-order valence-corrected chi connectivity index (χ3v) is 5.45. The van der Waals surface area contributed by atoms with Crippen molar-refractivity contribution in [2.24, 2.45) is 0 Å². The first-order chi connectivity index (χ1) is 10.0. The summed E-state index contributed by atoms with van der Waals surface area (Å²) in [7, 11) is 7.72. The first-order valence-electron chi connectivity index (χ1n) is 8.20. The number of hydrogen-bond donors (Lipinski definition) is 1. The summed E-state index contributed by atoms with van der Waals surface area (Å²) < 4.78 is 5.05. The van der Waals surface area contributed by atoms with Crippen LogP contribution in [0.2, 0.25) is 0 Å². The monoisotopic (exact) mass is 297 g/mol. The fraction of sp³-hybridized carbons (Fsp3) is 0.938.